The molecule has 11 heteroatoms. The molecule has 1 heterocycles. The molecule has 0 atom stereocenters. The van der Waals surface area contributed by atoms with E-state index < -0.39 is 23.3 Å². The number of hydrazone groups is 1. The number of esters is 1. The van der Waals surface area contributed by atoms with E-state index in [9.17, 15) is 14.7 Å². The summed E-state index contributed by atoms with van der Waals surface area (Å²) in [7, 11) is 0. The predicted molar refractivity (Wildman–Crippen MR) is 96.3 cm³/mol. The van der Waals surface area contributed by atoms with Crippen molar-refractivity contribution in [3.05, 3.63) is 59.4 Å². The van der Waals surface area contributed by atoms with Gasteiger partial charge in [0.05, 0.1) is 19.1 Å². The molecule has 0 unspecified atom stereocenters. The Bertz CT molecular complexity index is 971. The summed E-state index contributed by atoms with van der Waals surface area (Å²) in [6, 6.07) is 10.7. The van der Waals surface area contributed by atoms with Crippen LogP contribution in [-0.2, 0) is 14.3 Å². The quantitative estimate of drug-likeness (QED) is 0.165. The third-order valence-corrected chi connectivity index (χ3v) is 3.06. The van der Waals surface area contributed by atoms with Gasteiger partial charge < -0.3 is 14.8 Å². The van der Waals surface area contributed by atoms with Gasteiger partial charge in [-0.3, -0.25) is 4.79 Å². The van der Waals surface area contributed by atoms with Crippen LogP contribution in [0.1, 0.15) is 18.2 Å². The van der Waals surface area contributed by atoms with E-state index in [1.54, 1.807) is 30.3 Å². The van der Waals surface area contributed by atoms with Crippen molar-refractivity contribution in [1.82, 2.24) is 15.4 Å². The predicted octanol–water partition coefficient (Wildman–Crippen LogP) is 1.85. The lowest BCUT2D eigenvalue weighted by atomic mass is 10.2. The molecule has 0 bridgehead atoms. The third-order valence-electron chi connectivity index (χ3n) is 3.06. The molecular weight excluding hydrogens is 366 g/mol. The van der Waals surface area contributed by atoms with Gasteiger partial charge in [-0.1, -0.05) is 30.3 Å². The monoisotopic (exact) mass is 381 g/mol. The number of aliphatic hydroxyl groups is 1. The Morgan fingerprint density at radius 2 is 2.14 bits per heavy atom. The number of benzene rings is 1. The van der Waals surface area contributed by atoms with Gasteiger partial charge in [0.15, 0.2) is 5.69 Å². The zero-order chi connectivity index (χ0) is 20.4. The summed E-state index contributed by atoms with van der Waals surface area (Å²) in [5.41, 5.74) is 2.07. The number of amides is 1. The number of carbonyl (C=O) groups is 2. The van der Waals surface area contributed by atoms with E-state index in [4.69, 9.17) is 5.26 Å². The molecule has 0 spiro atoms. The van der Waals surface area contributed by atoms with E-state index in [1.807, 2.05) is 6.07 Å². The van der Waals surface area contributed by atoms with Gasteiger partial charge in [-0.25, -0.2) is 15.2 Å². The molecule has 1 amide bonds. The second-order valence-corrected chi connectivity index (χ2v) is 4.94. The fraction of sp³-hybridized carbons (Fsp3) is 0.118. The molecule has 0 aliphatic carbocycles. The highest BCUT2D eigenvalue weighted by atomic mass is 16.5. The number of carbonyl (C=O) groups excluding carboxylic acids is 2. The number of nitrogens with one attached hydrogen (secondary N) is 2. The number of hydrogen-bond acceptors (Lipinski definition) is 9. The van der Waals surface area contributed by atoms with Crippen molar-refractivity contribution in [3.63, 3.8) is 0 Å². The summed E-state index contributed by atoms with van der Waals surface area (Å²) in [5, 5.41) is 29.8. The van der Waals surface area contributed by atoms with Crippen molar-refractivity contribution in [2.45, 2.75) is 6.92 Å². The minimum atomic E-state index is -1.17. The van der Waals surface area contributed by atoms with E-state index >= 15 is 0 Å². The lowest BCUT2D eigenvalue weighted by molar-refractivity contribution is -0.142. The van der Waals surface area contributed by atoms with Gasteiger partial charge in [0.25, 0.3) is 5.91 Å². The zero-order valence-corrected chi connectivity index (χ0v) is 14.7. The van der Waals surface area contributed by atoms with Gasteiger partial charge in [-0.2, -0.15) is 10.4 Å². The lowest BCUT2D eigenvalue weighted by Gasteiger charge is -2.04. The second-order valence-electron chi connectivity index (χ2n) is 4.94. The first-order chi connectivity index (χ1) is 13.6. The van der Waals surface area contributed by atoms with Crippen LogP contribution in [0.25, 0.3) is 0 Å². The number of aliphatic hydroxyl groups excluding tert-OH is 1. The Balaban J connectivity index is 2.26. The number of aromatic amines is 1. The molecule has 142 valence electrons. The van der Waals surface area contributed by atoms with Gasteiger partial charge >= 0.3 is 5.97 Å². The highest BCUT2D eigenvalue weighted by molar-refractivity contribution is 6.01. The summed E-state index contributed by atoms with van der Waals surface area (Å²) >= 11 is 0. The maximum Gasteiger partial charge on any atom is 0.376 e. The first-order valence-electron chi connectivity index (χ1n) is 7.90. The summed E-state index contributed by atoms with van der Waals surface area (Å²) in [4.78, 5) is 30.3. The SMILES string of the molecule is CCOC(=O)/C(O)=C(\N=Nc1nc[nH]c1C#N)C(=O)N/N=C\c1ccccc1. The Hall–Kier alpha value is -4.33. The molecule has 0 aliphatic rings. The van der Waals surface area contributed by atoms with E-state index in [0.717, 1.165) is 0 Å². The topological polar surface area (TPSA) is 165 Å². The molecule has 11 nitrogen and oxygen atoms in total. The number of nitrogens with zero attached hydrogens (tertiary/aromatic N) is 5. The van der Waals surface area contributed by atoms with Crippen LogP contribution < -0.4 is 5.43 Å². The van der Waals surface area contributed by atoms with E-state index in [1.165, 1.54) is 19.5 Å². The first-order valence-corrected chi connectivity index (χ1v) is 7.90. The molecule has 0 aliphatic heterocycles. The van der Waals surface area contributed by atoms with Crippen LogP contribution in [0.5, 0.6) is 0 Å². The van der Waals surface area contributed by atoms with Crippen molar-refractivity contribution in [2.24, 2.45) is 15.3 Å². The van der Waals surface area contributed by atoms with Gasteiger partial charge in [-0.15, -0.1) is 10.2 Å². The molecule has 0 fully saturated rings. The highest BCUT2D eigenvalue weighted by Crippen LogP contribution is 2.16. The van der Waals surface area contributed by atoms with Crippen LogP contribution in [0, 0.1) is 11.3 Å². The fourth-order valence-corrected chi connectivity index (χ4v) is 1.80. The molecule has 28 heavy (non-hydrogen) atoms. The highest BCUT2D eigenvalue weighted by Gasteiger charge is 2.22. The number of imidazole rings is 1. The second kappa shape index (κ2) is 9.97. The van der Waals surface area contributed by atoms with Gasteiger partial charge in [0.1, 0.15) is 6.07 Å². The third kappa shape index (κ3) is 5.33. The summed E-state index contributed by atoms with van der Waals surface area (Å²) in [6.45, 7) is 1.50. The molecule has 1 aromatic heterocycles. The average Bonchev–Trinajstić information content (AvgIpc) is 3.16. The van der Waals surface area contributed by atoms with Crippen LogP contribution in [0.2, 0.25) is 0 Å². The molecule has 2 rings (SSSR count). The zero-order valence-electron chi connectivity index (χ0n) is 14.7. The number of rotatable bonds is 7. The Morgan fingerprint density at radius 1 is 1.39 bits per heavy atom. The number of azo groups is 1. The lowest BCUT2D eigenvalue weighted by Crippen LogP contribution is -2.22. The molecule has 1 aromatic carbocycles. The van der Waals surface area contributed by atoms with Crippen LogP contribution in [-0.4, -0.2) is 39.8 Å². The number of nitriles is 1. The van der Waals surface area contributed by atoms with Crippen molar-refractivity contribution in [1.29, 1.82) is 5.26 Å². The first kappa shape index (κ1) is 20.0. The summed E-state index contributed by atoms with van der Waals surface area (Å²) in [5.74, 6) is -3.37. The van der Waals surface area contributed by atoms with Crippen LogP contribution in [0.3, 0.4) is 0 Å². The van der Waals surface area contributed by atoms with Crippen LogP contribution in [0.4, 0.5) is 5.82 Å². The molecular formula is C17H15N7O4. The van der Waals surface area contributed by atoms with E-state index in [2.05, 4.69) is 35.5 Å². The molecule has 0 saturated carbocycles. The van der Waals surface area contributed by atoms with Gasteiger partial charge in [0.2, 0.25) is 17.3 Å². The Morgan fingerprint density at radius 3 is 2.82 bits per heavy atom. The fourth-order valence-electron chi connectivity index (χ4n) is 1.80. The Labute approximate surface area is 159 Å². The summed E-state index contributed by atoms with van der Waals surface area (Å²) in [6.07, 6.45) is 2.56. The summed E-state index contributed by atoms with van der Waals surface area (Å²) < 4.78 is 4.65. The van der Waals surface area contributed by atoms with E-state index in [-0.39, 0.29) is 18.1 Å². The number of aromatic nitrogens is 2. The Kier molecular flexibility index (Phi) is 7.12. The molecule has 2 aromatic rings. The van der Waals surface area contributed by atoms with Crippen LogP contribution >= 0.6 is 0 Å². The molecule has 0 saturated heterocycles. The number of hydrogen-bond donors (Lipinski definition) is 3. The van der Waals surface area contributed by atoms with Crippen molar-refractivity contribution < 1.29 is 19.4 Å². The molecule has 0 radical (unpaired) electrons. The van der Waals surface area contributed by atoms with Crippen LogP contribution in [0.15, 0.2) is 63.4 Å². The minimum absolute atomic E-state index is 0.0127. The van der Waals surface area contributed by atoms with Crippen molar-refractivity contribution in [2.75, 3.05) is 6.61 Å². The smallest absolute Gasteiger partial charge is 0.376 e. The minimum Gasteiger partial charge on any atom is -0.500 e. The maximum absolute atomic E-state index is 12.3. The number of ether oxygens (including phenoxy) is 1. The largest absolute Gasteiger partial charge is 0.500 e. The average molecular weight is 381 g/mol. The standard InChI is InChI=1S/C17H15N7O4/c1-2-28-17(27)14(25)13(22-23-15-12(8-18)19-10-20-15)16(26)24-21-9-11-6-4-3-5-7-11/h3-7,9-10,25H,2H2,1H3,(H,19,20)(H,24,26)/b14-13+,21-9-,23-22?. The van der Waals surface area contributed by atoms with E-state index in [0.29, 0.717) is 5.56 Å². The molecule has 3 N–H and O–H groups in total. The maximum atomic E-state index is 12.3. The van der Waals surface area contributed by atoms with Gasteiger partial charge in [0, 0.05) is 0 Å². The van der Waals surface area contributed by atoms with Crippen molar-refractivity contribution in [3.8, 4) is 6.07 Å². The van der Waals surface area contributed by atoms with Gasteiger partial charge in [-0.05, 0) is 12.5 Å². The normalized spacial score (nSPS) is 11.9. The van der Waals surface area contributed by atoms with Crippen molar-refractivity contribution >= 4 is 23.9 Å². The number of H-pyrrole nitrogens is 1.